The number of alkyl halides is 2. The zero-order chi connectivity index (χ0) is 21.0. The van der Waals surface area contributed by atoms with Crippen molar-refractivity contribution in [1.82, 2.24) is 15.0 Å². The lowest BCUT2D eigenvalue weighted by molar-refractivity contribution is -0.116. The molecule has 0 unspecified atom stereocenters. The molecule has 0 bridgehead atoms. The highest BCUT2D eigenvalue weighted by molar-refractivity contribution is 7.99. The van der Waals surface area contributed by atoms with E-state index in [2.05, 4.69) is 20.3 Å². The zero-order valence-corrected chi connectivity index (χ0v) is 17.3. The van der Waals surface area contributed by atoms with Crippen molar-refractivity contribution >= 4 is 34.7 Å². The van der Waals surface area contributed by atoms with Crippen LogP contribution in [0, 0.1) is 13.8 Å². The highest BCUT2D eigenvalue weighted by Gasteiger charge is 2.14. The molecular formula is C19H18F2N4O2S2. The number of nitrogens with one attached hydrogen (secondary N) is 2. The minimum Gasteiger partial charge on any atom is -0.326 e. The van der Waals surface area contributed by atoms with Gasteiger partial charge in [-0.3, -0.25) is 9.59 Å². The van der Waals surface area contributed by atoms with E-state index in [4.69, 9.17) is 0 Å². The number of aromatic amines is 1. The van der Waals surface area contributed by atoms with Gasteiger partial charge in [0.25, 0.3) is 11.3 Å². The maximum atomic E-state index is 12.4. The number of aromatic nitrogens is 3. The second kappa shape index (κ2) is 9.27. The molecule has 1 aromatic carbocycles. The predicted molar refractivity (Wildman–Crippen MR) is 111 cm³/mol. The molecule has 0 fully saturated rings. The number of hydrogen-bond donors (Lipinski definition) is 2. The molecule has 29 heavy (non-hydrogen) atoms. The molecule has 3 rings (SSSR count). The molecule has 2 heterocycles. The first-order valence-corrected chi connectivity index (χ1v) is 10.4. The van der Waals surface area contributed by atoms with Gasteiger partial charge in [-0.1, -0.05) is 12.1 Å². The smallest absolute Gasteiger partial charge is 0.291 e. The molecular weight excluding hydrogens is 418 g/mol. The number of nitrogens with zero attached hydrogens (tertiary/aromatic N) is 2. The van der Waals surface area contributed by atoms with Crippen LogP contribution in [0.2, 0.25) is 0 Å². The van der Waals surface area contributed by atoms with Crippen molar-refractivity contribution < 1.29 is 13.6 Å². The third-order valence-electron chi connectivity index (χ3n) is 4.09. The lowest BCUT2D eigenvalue weighted by atomic mass is 10.1. The lowest BCUT2D eigenvalue weighted by Gasteiger charge is -2.08. The molecule has 0 saturated heterocycles. The molecule has 0 atom stereocenters. The van der Waals surface area contributed by atoms with Crippen LogP contribution in [0.15, 0.2) is 39.6 Å². The summed E-state index contributed by atoms with van der Waals surface area (Å²) in [5.74, 6) is -2.92. The van der Waals surface area contributed by atoms with Gasteiger partial charge in [0, 0.05) is 34.3 Å². The number of thioether (sulfide) groups is 1. The second-order valence-corrected chi connectivity index (χ2v) is 8.23. The van der Waals surface area contributed by atoms with Crippen LogP contribution < -0.4 is 10.9 Å². The molecule has 1 amide bonds. The van der Waals surface area contributed by atoms with Crippen molar-refractivity contribution in [1.29, 1.82) is 0 Å². The maximum absolute atomic E-state index is 12.4. The minimum atomic E-state index is -2.67. The van der Waals surface area contributed by atoms with Gasteiger partial charge in [-0.2, -0.15) is 8.78 Å². The van der Waals surface area contributed by atoms with Crippen LogP contribution in [-0.2, 0) is 11.2 Å². The van der Waals surface area contributed by atoms with Crippen LogP contribution in [0.25, 0.3) is 11.3 Å². The maximum Gasteiger partial charge on any atom is 0.291 e. The standard InChI is InChI=1S/C19H18F2N4O2S2/c1-10-14(17(27)25-19(22-10)29-18(20)21)7-8-16(26)24-13-5-3-12(4-6-13)15-9-28-11(2)23-15/h3-6,9,18H,7-8H2,1-2H3,(H,24,26)(H,22,25,27). The van der Waals surface area contributed by atoms with Crippen molar-refractivity contribution in [3.05, 3.63) is 56.3 Å². The fourth-order valence-electron chi connectivity index (χ4n) is 2.70. The van der Waals surface area contributed by atoms with E-state index in [0.717, 1.165) is 16.3 Å². The summed E-state index contributed by atoms with van der Waals surface area (Å²) >= 11 is 1.75. The first kappa shape index (κ1) is 21.1. The van der Waals surface area contributed by atoms with Gasteiger partial charge >= 0.3 is 0 Å². The Bertz CT molecular complexity index is 1060. The molecule has 0 saturated carbocycles. The van der Waals surface area contributed by atoms with Gasteiger partial charge in [0.2, 0.25) is 5.91 Å². The Kier molecular flexibility index (Phi) is 6.75. The van der Waals surface area contributed by atoms with Gasteiger partial charge < -0.3 is 10.3 Å². The number of carbonyl (C=O) groups is 1. The summed E-state index contributed by atoms with van der Waals surface area (Å²) in [5, 5.41) is 5.60. The van der Waals surface area contributed by atoms with Crippen LogP contribution in [0.1, 0.15) is 22.7 Å². The Morgan fingerprint density at radius 1 is 1.24 bits per heavy atom. The molecule has 2 N–H and O–H groups in total. The van der Waals surface area contributed by atoms with Crippen LogP contribution >= 0.6 is 23.1 Å². The average molecular weight is 437 g/mol. The fraction of sp³-hybridized carbons (Fsp3) is 0.263. The third kappa shape index (κ3) is 5.70. The van der Waals surface area contributed by atoms with E-state index >= 15 is 0 Å². The van der Waals surface area contributed by atoms with Crippen molar-refractivity contribution in [2.45, 2.75) is 37.6 Å². The normalized spacial score (nSPS) is 11.1. The van der Waals surface area contributed by atoms with Gasteiger partial charge in [0.15, 0.2) is 5.16 Å². The first-order valence-electron chi connectivity index (χ1n) is 8.69. The number of rotatable bonds is 7. The van der Waals surface area contributed by atoms with Crippen molar-refractivity contribution in [3.63, 3.8) is 0 Å². The number of thiazole rings is 1. The molecule has 0 spiro atoms. The van der Waals surface area contributed by atoms with E-state index in [1.54, 1.807) is 30.4 Å². The first-order chi connectivity index (χ1) is 13.8. The molecule has 152 valence electrons. The van der Waals surface area contributed by atoms with Gasteiger partial charge in [0.05, 0.1) is 10.7 Å². The molecule has 0 aliphatic rings. The Morgan fingerprint density at radius 3 is 2.55 bits per heavy atom. The van der Waals surface area contributed by atoms with Gasteiger partial charge in [-0.15, -0.1) is 11.3 Å². The van der Waals surface area contributed by atoms with Crippen LogP contribution in [-0.4, -0.2) is 26.6 Å². The summed E-state index contributed by atoms with van der Waals surface area (Å²) in [6.07, 6.45) is 0.232. The van der Waals surface area contributed by atoms with E-state index in [1.807, 2.05) is 24.4 Å². The van der Waals surface area contributed by atoms with Crippen molar-refractivity contribution in [2.24, 2.45) is 0 Å². The summed E-state index contributed by atoms with van der Waals surface area (Å²) in [4.78, 5) is 35.0. The summed E-state index contributed by atoms with van der Waals surface area (Å²) < 4.78 is 24.8. The molecule has 3 aromatic rings. The number of hydrogen-bond acceptors (Lipinski definition) is 6. The number of amides is 1. The van der Waals surface area contributed by atoms with E-state index in [1.165, 1.54) is 0 Å². The predicted octanol–water partition coefficient (Wildman–Crippen LogP) is 4.40. The highest BCUT2D eigenvalue weighted by atomic mass is 32.2. The van der Waals surface area contributed by atoms with Crippen molar-refractivity contribution in [3.8, 4) is 11.3 Å². The number of halogens is 2. The highest BCUT2D eigenvalue weighted by Crippen LogP contribution is 2.23. The number of aryl methyl sites for hydroxylation is 2. The number of benzene rings is 1. The molecule has 0 aliphatic heterocycles. The summed E-state index contributed by atoms with van der Waals surface area (Å²) in [7, 11) is 0. The average Bonchev–Trinajstić information content (AvgIpc) is 3.07. The fourth-order valence-corrected chi connectivity index (χ4v) is 3.83. The molecule has 0 aliphatic carbocycles. The van der Waals surface area contributed by atoms with Crippen LogP contribution in [0.4, 0.5) is 14.5 Å². The number of H-pyrrole nitrogens is 1. The minimum absolute atomic E-state index is 0.0694. The topological polar surface area (TPSA) is 87.7 Å². The SMILES string of the molecule is Cc1nc(-c2ccc(NC(=O)CCc3c(C)nc(SC(F)F)[nH]c3=O)cc2)cs1. The summed E-state index contributed by atoms with van der Waals surface area (Å²) in [5.41, 5.74) is 2.64. The van der Waals surface area contributed by atoms with Gasteiger partial charge in [-0.05, 0) is 44.2 Å². The summed E-state index contributed by atoms with van der Waals surface area (Å²) in [6.45, 7) is 3.51. The van der Waals surface area contributed by atoms with Gasteiger partial charge in [0.1, 0.15) is 0 Å². The number of carbonyl (C=O) groups excluding carboxylic acids is 1. The summed E-state index contributed by atoms with van der Waals surface area (Å²) in [6, 6.07) is 7.33. The molecule has 2 aromatic heterocycles. The number of anilines is 1. The second-order valence-electron chi connectivity index (χ2n) is 6.19. The Balaban J connectivity index is 1.59. The van der Waals surface area contributed by atoms with Gasteiger partial charge in [-0.25, -0.2) is 9.97 Å². The van der Waals surface area contributed by atoms with Crippen molar-refractivity contribution in [2.75, 3.05) is 5.32 Å². The van der Waals surface area contributed by atoms with E-state index < -0.39 is 11.3 Å². The Hall–Kier alpha value is -2.59. The van der Waals surface area contributed by atoms with E-state index in [0.29, 0.717) is 16.9 Å². The molecule has 0 radical (unpaired) electrons. The quantitative estimate of drug-likeness (QED) is 0.424. The zero-order valence-electron chi connectivity index (χ0n) is 15.7. The van der Waals surface area contributed by atoms with E-state index in [-0.39, 0.29) is 35.7 Å². The van der Waals surface area contributed by atoms with Crippen LogP contribution in [0.5, 0.6) is 0 Å². The Labute approximate surface area is 173 Å². The van der Waals surface area contributed by atoms with Crippen LogP contribution in [0.3, 0.4) is 0 Å². The Morgan fingerprint density at radius 2 is 1.97 bits per heavy atom. The largest absolute Gasteiger partial charge is 0.326 e. The lowest BCUT2D eigenvalue weighted by Crippen LogP contribution is -2.20. The monoisotopic (exact) mass is 436 g/mol. The van der Waals surface area contributed by atoms with E-state index in [9.17, 15) is 18.4 Å². The molecule has 10 heteroatoms. The molecule has 6 nitrogen and oxygen atoms in total. The third-order valence-corrected chi connectivity index (χ3v) is 5.46.